The Morgan fingerprint density at radius 3 is 2.63 bits per heavy atom. The number of fused-ring (bicyclic) bond motifs is 1. The molecule has 0 radical (unpaired) electrons. The molecule has 138 valence electrons. The highest BCUT2D eigenvalue weighted by molar-refractivity contribution is 7.21. The van der Waals surface area contributed by atoms with E-state index in [9.17, 15) is 9.59 Å². The van der Waals surface area contributed by atoms with Crippen LogP contribution in [-0.2, 0) is 4.79 Å². The number of thiazole rings is 1. The average molecular weight is 381 g/mol. The molecule has 0 aliphatic carbocycles. The van der Waals surface area contributed by atoms with Crippen molar-refractivity contribution in [1.82, 2.24) is 25.2 Å². The molecule has 0 unspecified atom stereocenters. The van der Waals surface area contributed by atoms with Gasteiger partial charge < -0.3 is 10.2 Å². The van der Waals surface area contributed by atoms with Crippen LogP contribution in [0.25, 0.3) is 20.9 Å². The van der Waals surface area contributed by atoms with Gasteiger partial charge in [-0.15, -0.1) is 11.3 Å². The molecule has 0 bridgehead atoms. The van der Waals surface area contributed by atoms with Crippen molar-refractivity contribution in [3.8, 4) is 10.7 Å². The van der Waals surface area contributed by atoms with Crippen LogP contribution in [-0.4, -0.2) is 51.8 Å². The molecule has 1 saturated heterocycles. The number of nitrogens with one attached hydrogen (secondary N) is 1. The molecule has 0 spiro atoms. The van der Waals surface area contributed by atoms with Gasteiger partial charge in [0.2, 0.25) is 5.91 Å². The summed E-state index contributed by atoms with van der Waals surface area (Å²) < 4.78 is 1.04. The lowest BCUT2D eigenvalue weighted by molar-refractivity contribution is -0.125. The Bertz CT molecular complexity index is 961. The molecule has 2 amide bonds. The smallest absolute Gasteiger partial charge is 0.274 e. The number of rotatable bonds is 3. The number of amides is 2. The van der Waals surface area contributed by atoms with Gasteiger partial charge in [0, 0.05) is 38.4 Å². The first-order chi connectivity index (χ1) is 13.2. The third-order valence-corrected chi connectivity index (χ3v) is 5.84. The van der Waals surface area contributed by atoms with Crippen molar-refractivity contribution in [2.24, 2.45) is 5.92 Å². The van der Waals surface area contributed by atoms with Gasteiger partial charge >= 0.3 is 0 Å². The van der Waals surface area contributed by atoms with Gasteiger partial charge in [0.25, 0.3) is 5.91 Å². The molecule has 0 saturated carbocycles. The van der Waals surface area contributed by atoms with E-state index in [1.807, 2.05) is 24.3 Å². The molecule has 27 heavy (non-hydrogen) atoms. The van der Waals surface area contributed by atoms with Crippen molar-refractivity contribution in [3.63, 3.8) is 0 Å². The summed E-state index contributed by atoms with van der Waals surface area (Å²) in [6.45, 7) is 1.07. The van der Waals surface area contributed by atoms with Gasteiger partial charge in [-0.05, 0) is 25.0 Å². The monoisotopic (exact) mass is 381 g/mol. The molecular weight excluding hydrogens is 362 g/mol. The van der Waals surface area contributed by atoms with Gasteiger partial charge in [-0.3, -0.25) is 9.59 Å². The Kier molecular flexibility index (Phi) is 4.81. The molecule has 1 fully saturated rings. The second kappa shape index (κ2) is 7.40. The van der Waals surface area contributed by atoms with Crippen LogP contribution in [0.4, 0.5) is 0 Å². The van der Waals surface area contributed by atoms with E-state index < -0.39 is 0 Å². The minimum atomic E-state index is -0.160. The fourth-order valence-electron chi connectivity index (χ4n) is 3.32. The van der Waals surface area contributed by atoms with Crippen molar-refractivity contribution in [1.29, 1.82) is 0 Å². The number of nitrogens with zero attached hydrogens (tertiary/aromatic N) is 4. The maximum absolute atomic E-state index is 13.1. The molecule has 8 heteroatoms. The van der Waals surface area contributed by atoms with E-state index in [0.29, 0.717) is 42.3 Å². The second-order valence-electron chi connectivity index (χ2n) is 6.42. The minimum absolute atomic E-state index is 0.0374. The largest absolute Gasteiger partial charge is 0.359 e. The van der Waals surface area contributed by atoms with Gasteiger partial charge in [0.05, 0.1) is 10.2 Å². The van der Waals surface area contributed by atoms with Crippen molar-refractivity contribution in [2.45, 2.75) is 12.8 Å². The molecular formula is C19H19N5O2S. The molecule has 0 atom stereocenters. The number of para-hydroxylation sites is 1. The van der Waals surface area contributed by atoms with Gasteiger partial charge in [-0.2, -0.15) is 0 Å². The zero-order valence-corrected chi connectivity index (χ0v) is 15.7. The van der Waals surface area contributed by atoms with Gasteiger partial charge in [0.1, 0.15) is 10.7 Å². The van der Waals surface area contributed by atoms with Crippen LogP contribution in [0.1, 0.15) is 23.3 Å². The first kappa shape index (κ1) is 17.5. The molecule has 4 rings (SSSR count). The highest BCUT2D eigenvalue weighted by Crippen LogP contribution is 2.31. The molecule has 3 aromatic rings. The van der Waals surface area contributed by atoms with E-state index in [2.05, 4.69) is 20.3 Å². The number of aromatic nitrogens is 3. The summed E-state index contributed by atoms with van der Waals surface area (Å²) in [7, 11) is 1.64. The van der Waals surface area contributed by atoms with E-state index in [1.165, 1.54) is 17.5 Å². The first-order valence-electron chi connectivity index (χ1n) is 8.85. The van der Waals surface area contributed by atoms with Crippen molar-refractivity contribution in [3.05, 3.63) is 42.4 Å². The quantitative estimate of drug-likeness (QED) is 0.752. The van der Waals surface area contributed by atoms with Crippen molar-refractivity contribution in [2.75, 3.05) is 20.1 Å². The second-order valence-corrected chi connectivity index (χ2v) is 7.45. The van der Waals surface area contributed by atoms with Crippen LogP contribution in [0, 0.1) is 5.92 Å². The van der Waals surface area contributed by atoms with Crippen LogP contribution in [0.3, 0.4) is 0 Å². The van der Waals surface area contributed by atoms with Crippen molar-refractivity contribution < 1.29 is 9.59 Å². The number of piperidine rings is 1. The van der Waals surface area contributed by atoms with Gasteiger partial charge in [-0.1, -0.05) is 12.1 Å². The predicted molar refractivity (Wildman–Crippen MR) is 103 cm³/mol. The predicted octanol–water partition coefficient (Wildman–Crippen LogP) is 2.35. The third-order valence-electron chi connectivity index (χ3n) is 4.80. The molecule has 1 N–H and O–H groups in total. The number of carbonyl (C=O) groups excluding carboxylic acids is 2. The van der Waals surface area contributed by atoms with Crippen LogP contribution < -0.4 is 5.32 Å². The Balaban J connectivity index is 1.59. The van der Waals surface area contributed by atoms with Crippen LogP contribution in [0.5, 0.6) is 0 Å². The molecule has 7 nitrogen and oxygen atoms in total. The summed E-state index contributed by atoms with van der Waals surface area (Å²) in [5, 5.41) is 3.37. The summed E-state index contributed by atoms with van der Waals surface area (Å²) in [6.07, 6.45) is 4.42. The van der Waals surface area contributed by atoms with Gasteiger partial charge in [0.15, 0.2) is 5.69 Å². The maximum atomic E-state index is 13.1. The summed E-state index contributed by atoms with van der Waals surface area (Å²) in [6, 6.07) is 7.84. The van der Waals surface area contributed by atoms with Crippen LogP contribution in [0.2, 0.25) is 0 Å². The summed E-state index contributed by atoms with van der Waals surface area (Å²) in [5.74, 6) is -0.158. The molecule has 3 heterocycles. The zero-order valence-electron chi connectivity index (χ0n) is 14.9. The number of likely N-dealkylation sites (tertiary alicyclic amines) is 1. The van der Waals surface area contributed by atoms with Crippen LogP contribution >= 0.6 is 11.3 Å². The van der Waals surface area contributed by atoms with Gasteiger partial charge in [-0.25, -0.2) is 15.0 Å². The fraction of sp³-hybridized carbons (Fsp3) is 0.316. The molecule has 1 aromatic carbocycles. The van der Waals surface area contributed by atoms with Crippen molar-refractivity contribution >= 4 is 33.4 Å². The Morgan fingerprint density at radius 1 is 1.15 bits per heavy atom. The highest BCUT2D eigenvalue weighted by atomic mass is 32.1. The first-order valence-corrected chi connectivity index (χ1v) is 9.67. The van der Waals surface area contributed by atoms with E-state index in [1.54, 1.807) is 18.1 Å². The van der Waals surface area contributed by atoms with Crippen LogP contribution in [0.15, 0.2) is 36.7 Å². The number of hydrogen-bond acceptors (Lipinski definition) is 6. The fourth-order valence-corrected chi connectivity index (χ4v) is 4.29. The normalized spacial score (nSPS) is 15.1. The lowest BCUT2D eigenvalue weighted by atomic mass is 9.95. The molecule has 1 aliphatic heterocycles. The average Bonchev–Trinajstić information content (AvgIpc) is 3.17. The number of carbonyl (C=O) groups is 2. The number of benzene rings is 1. The Morgan fingerprint density at radius 2 is 1.89 bits per heavy atom. The SMILES string of the molecule is CNC(=O)C1CCN(C(=O)c2nccnc2-c2nc3ccccc3s2)CC1. The lowest BCUT2D eigenvalue weighted by Crippen LogP contribution is -2.42. The third kappa shape index (κ3) is 3.40. The highest BCUT2D eigenvalue weighted by Gasteiger charge is 2.29. The topological polar surface area (TPSA) is 88.1 Å². The Labute approximate surface area is 160 Å². The van der Waals surface area contributed by atoms with E-state index >= 15 is 0 Å². The van der Waals surface area contributed by atoms with E-state index in [0.717, 1.165) is 10.2 Å². The van der Waals surface area contributed by atoms with E-state index in [-0.39, 0.29) is 17.7 Å². The van der Waals surface area contributed by atoms with E-state index in [4.69, 9.17) is 0 Å². The minimum Gasteiger partial charge on any atom is -0.359 e. The standard InChI is InChI=1S/C19H19N5O2S/c1-20-17(25)12-6-10-24(11-7-12)19(26)16-15(21-8-9-22-16)18-23-13-4-2-3-5-14(13)27-18/h2-5,8-9,12H,6-7,10-11H2,1H3,(H,20,25). The zero-order chi connectivity index (χ0) is 18.8. The lowest BCUT2D eigenvalue weighted by Gasteiger charge is -2.31. The number of hydrogen-bond donors (Lipinski definition) is 1. The molecule has 1 aliphatic rings. The summed E-state index contributed by atoms with van der Waals surface area (Å²) >= 11 is 1.50. The maximum Gasteiger partial charge on any atom is 0.274 e. The Hall–Kier alpha value is -2.87. The summed E-state index contributed by atoms with van der Waals surface area (Å²) in [5.41, 5.74) is 1.71. The summed E-state index contributed by atoms with van der Waals surface area (Å²) in [4.78, 5) is 39.9. The molecule has 2 aromatic heterocycles.